The highest BCUT2D eigenvalue weighted by atomic mass is 16.4. The van der Waals surface area contributed by atoms with E-state index in [4.69, 9.17) is 10.2 Å². The van der Waals surface area contributed by atoms with Gasteiger partial charge in [0, 0.05) is 6.92 Å². The third-order valence-electron chi connectivity index (χ3n) is 2.42. The van der Waals surface area contributed by atoms with Crippen LogP contribution in [-0.4, -0.2) is 52.1 Å². The first-order valence-corrected chi connectivity index (χ1v) is 5.00. The van der Waals surface area contributed by atoms with Gasteiger partial charge in [-0.05, 0) is 12.5 Å². The zero-order valence-electron chi connectivity index (χ0n) is 9.56. The van der Waals surface area contributed by atoms with Gasteiger partial charge in [0.1, 0.15) is 11.7 Å². The second kappa shape index (κ2) is 4.96. The van der Waals surface area contributed by atoms with E-state index >= 15 is 0 Å². The summed E-state index contributed by atoms with van der Waals surface area (Å²) >= 11 is 0. The number of aliphatic carboxylic acids is 1. The van der Waals surface area contributed by atoms with Crippen LogP contribution in [0.1, 0.15) is 13.8 Å². The van der Waals surface area contributed by atoms with Crippen molar-refractivity contribution in [2.75, 3.05) is 13.2 Å². The van der Waals surface area contributed by atoms with E-state index in [2.05, 4.69) is 5.32 Å². The molecular formula is C10H14N2O5. The largest absolute Gasteiger partial charge is 0.477 e. The molecule has 7 heteroatoms. The number of likely N-dealkylation sites (tertiary alicyclic amines) is 1. The molecule has 3 N–H and O–H groups in total. The van der Waals surface area contributed by atoms with Gasteiger partial charge < -0.3 is 20.4 Å². The number of hydrogen-bond donors (Lipinski definition) is 3. The molecule has 1 heterocycles. The summed E-state index contributed by atoms with van der Waals surface area (Å²) in [4.78, 5) is 34.3. The molecule has 0 aromatic carbocycles. The van der Waals surface area contributed by atoms with Gasteiger partial charge in [0.25, 0.3) is 5.91 Å². The van der Waals surface area contributed by atoms with E-state index in [1.807, 2.05) is 0 Å². The molecule has 0 saturated carbocycles. The number of carboxylic acid groups (broad SMARTS) is 1. The van der Waals surface area contributed by atoms with Crippen LogP contribution in [0.3, 0.4) is 0 Å². The average Bonchev–Trinajstić information content (AvgIpc) is 2.25. The minimum absolute atomic E-state index is 0.109. The molecule has 1 rings (SSSR count). The van der Waals surface area contributed by atoms with Crippen molar-refractivity contribution in [3.63, 3.8) is 0 Å². The first-order chi connectivity index (χ1) is 7.88. The van der Waals surface area contributed by atoms with Crippen molar-refractivity contribution >= 4 is 17.8 Å². The lowest BCUT2D eigenvalue weighted by molar-refractivity contribution is -0.148. The maximum atomic E-state index is 11.6. The Balaban J connectivity index is 2.80. The first-order valence-electron chi connectivity index (χ1n) is 5.00. The van der Waals surface area contributed by atoms with E-state index in [-0.39, 0.29) is 23.7 Å². The summed E-state index contributed by atoms with van der Waals surface area (Å²) in [5, 5.41) is 20.2. The molecule has 0 aliphatic carbocycles. The highest BCUT2D eigenvalue weighted by molar-refractivity contribution is 6.00. The lowest BCUT2D eigenvalue weighted by Gasteiger charge is -2.39. The number of carbonyl (C=O) groups excluding carboxylic acids is 2. The molecule has 1 aliphatic heterocycles. The van der Waals surface area contributed by atoms with Crippen LogP contribution in [0.4, 0.5) is 0 Å². The Morgan fingerprint density at radius 3 is 2.41 bits per heavy atom. The molecule has 1 atom stereocenters. The van der Waals surface area contributed by atoms with Crippen LogP contribution in [-0.2, 0) is 14.4 Å². The second-order valence-electron chi connectivity index (χ2n) is 3.79. The van der Waals surface area contributed by atoms with Crippen molar-refractivity contribution in [1.29, 1.82) is 0 Å². The Bertz CT molecular complexity index is 402. The van der Waals surface area contributed by atoms with Crippen LogP contribution in [0, 0.1) is 0 Å². The fourth-order valence-corrected chi connectivity index (χ4v) is 1.58. The van der Waals surface area contributed by atoms with Crippen LogP contribution in [0.2, 0.25) is 0 Å². The number of carbonyl (C=O) groups is 3. The summed E-state index contributed by atoms with van der Waals surface area (Å²) < 4.78 is 0. The molecule has 7 nitrogen and oxygen atoms in total. The molecule has 1 saturated heterocycles. The van der Waals surface area contributed by atoms with Gasteiger partial charge >= 0.3 is 5.97 Å². The molecule has 1 unspecified atom stereocenters. The van der Waals surface area contributed by atoms with Gasteiger partial charge in [-0.3, -0.25) is 9.59 Å². The Kier molecular flexibility index (Phi) is 3.84. The Labute approximate surface area is 97.7 Å². The number of nitrogens with one attached hydrogen (secondary N) is 1. The minimum Gasteiger partial charge on any atom is -0.477 e. The zero-order valence-corrected chi connectivity index (χ0v) is 9.56. The fourth-order valence-electron chi connectivity index (χ4n) is 1.58. The van der Waals surface area contributed by atoms with Gasteiger partial charge in [0.05, 0.1) is 13.2 Å². The topological polar surface area (TPSA) is 107 Å². The number of rotatable bonds is 4. The number of β-lactam (4-membered cyclic amide) rings is 1. The van der Waals surface area contributed by atoms with E-state index in [1.165, 1.54) is 13.8 Å². The highest BCUT2D eigenvalue weighted by Gasteiger charge is 2.41. The zero-order chi connectivity index (χ0) is 13.2. The van der Waals surface area contributed by atoms with Gasteiger partial charge in [-0.1, -0.05) is 0 Å². The van der Waals surface area contributed by atoms with Crippen molar-refractivity contribution in [3.8, 4) is 0 Å². The Morgan fingerprint density at radius 2 is 2.06 bits per heavy atom. The standard InChI is InChI=1S/C10H14N2O5/c1-5(4-13)8(10(16)17)12-3-7(9(12)15)11-6(2)14/h7,13H,3-4H2,1-2H3,(H,11,14)(H,16,17). The number of nitrogens with zero attached hydrogens (tertiary/aromatic N) is 1. The van der Waals surface area contributed by atoms with Gasteiger partial charge in [0.15, 0.2) is 0 Å². The number of carboxylic acids is 1. The number of aliphatic hydroxyl groups excluding tert-OH is 1. The predicted molar refractivity (Wildman–Crippen MR) is 56.7 cm³/mol. The molecular weight excluding hydrogens is 228 g/mol. The van der Waals surface area contributed by atoms with Crippen LogP contribution in [0.15, 0.2) is 11.3 Å². The molecule has 1 fully saturated rings. The molecule has 0 radical (unpaired) electrons. The maximum absolute atomic E-state index is 11.6. The quantitative estimate of drug-likeness (QED) is 0.419. The molecule has 0 aromatic rings. The van der Waals surface area contributed by atoms with Gasteiger partial charge in [-0.15, -0.1) is 0 Å². The molecule has 2 amide bonds. The lowest BCUT2D eigenvalue weighted by Crippen LogP contribution is -2.63. The van der Waals surface area contributed by atoms with Crippen LogP contribution >= 0.6 is 0 Å². The first kappa shape index (κ1) is 13.2. The lowest BCUT2D eigenvalue weighted by atomic mass is 10.0. The molecule has 0 bridgehead atoms. The summed E-state index contributed by atoms with van der Waals surface area (Å²) in [6.07, 6.45) is 0. The molecule has 94 valence electrons. The van der Waals surface area contributed by atoms with E-state index in [9.17, 15) is 14.4 Å². The summed E-state index contributed by atoms with van der Waals surface area (Å²) in [7, 11) is 0. The molecule has 17 heavy (non-hydrogen) atoms. The van der Waals surface area contributed by atoms with Crippen LogP contribution in [0.5, 0.6) is 0 Å². The second-order valence-corrected chi connectivity index (χ2v) is 3.79. The fraction of sp³-hybridized carbons (Fsp3) is 0.500. The smallest absolute Gasteiger partial charge is 0.352 e. The van der Waals surface area contributed by atoms with E-state index in [1.54, 1.807) is 0 Å². The summed E-state index contributed by atoms with van der Waals surface area (Å²) in [5.74, 6) is -2.10. The van der Waals surface area contributed by atoms with E-state index in [0.717, 1.165) is 4.90 Å². The third-order valence-corrected chi connectivity index (χ3v) is 2.42. The summed E-state index contributed by atoms with van der Waals surface area (Å²) in [6.45, 7) is 2.39. The monoisotopic (exact) mass is 242 g/mol. The number of hydrogen-bond acceptors (Lipinski definition) is 4. The van der Waals surface area contributed by atoms with Crippen molar-refractivity contribution in [2.24, 2.45) is 0 Å². The molecule has 0 aromatic heterocycles. The molecule has 0 spiro atoms. The van der Waals surface area contributed by atoms with Crippen molar-refractivity contribution in [3.05, 3.63) is 11.3 Å². The van der Waals surface area contributed by atoms with E-state index in [0.29, 0.717) is 0 Å². The van der Waals surface area contributed by atoms with E-state index < -0.39 is 24.5 Å². The third kappa shape index (κ3) is 2.62. The minimum atomic E-state index is -1.27. The predicted octanol–water partition coefficient (Wildman–Crippen LogP) is -1.32. The normalized spacial score (nSPS) is 20.5. The number of aliphatic hydroxyl groups is 1. The summed E-state index contributed by atoms with van der Waals surface area (Å²) in [5.41, 5.74) is -0.0220. The maximum Gasteiger partial charge on any atom is 0.352 e. The van der Waals surface area contributed by atoms with Crippen molar-refractivity contribution in [2.45, 2.75) is 19.9 Å². The Morgan fingerprint density at radius 1 is 1.47 bits per heavy atom. The van der Waals surface area contributed by atoms with Crippen LogP contribution in [0.25, 0.3) is 0 Å². The Hall–Kier alpha value is -1.89. The highest BCUT2D eigenvalue weighted by Crippen LogP contribution is 2.20. The van der Waals surface area contributed by atoms with Gasteiger partial charge in [0.2, 0.25) is 5.91 Å². The molecule has 1 aliphatic rings. The summed E-state index contributed by atoms with van der Waals surface area (Å²) in [6, 6.07) is -0.673. The van der Waals surface area contributed by atoms with Gasteiger partial charge in [-0.2, -0.15) is 0 Å². The number of amides is 2. The SMILES string of the molecule is CC(=O)NC1CN(C(C(=O)O)=C(C)CO)C1=O. The average molecular weight is 242 g/mol. The van der Waals surface area contributed by atoms with Crippen LogP contribution < -0.4 is 5.32 Å². The van der Waals surface area contributed by atoms with Crippen molar-refractivity contribution in [1.82, 2.24) is 10.2 Å². The van der Waals surface area contributed by atoms with Crippen molar-refractivity contribution < 1.29 is 24.6 Å². The van der Waals surface area contributed by atoms with Gasteiger partial charge in [-0.25, -0.2) is 4.79 Å².